The number of nitrogens with one attached hydrogen (secondary N) is 1. The molecule has 0 spiro atoms. The lowest BCUT2D eigenvalue weighted by Crippen LogP contribution is -2.27. The molecular weight excluding hydrogens is 351 g/mol. The van der Waals surface area contributed by atoms with Gasteiger partial charge < -0.3 is 14.6 Å². The van der Waals surface area contributed by atoms with Crippen LogP contribution in [0.3, 0.4) is 0 Å². The van der Waals surface area contributed by atoms with Gasteiger partial charge in [0, 0.05) is 12.6 Å². The minimum Gasteiger partial charge on any atom is -0.494 e. The van der Waals surface area contributed by atoms with Crippen LogP contribution in [0.15, 0.2) is 28.8 Å². The second-order valence-electron chi connectivity index (χ2n) is 7.05. The molecule has 0 unspecified atom stereocenters. The van der Waals surface area contributed by atoms with Crippen molar-refractivity contribution in [2.75, 3.05) is 19.7 Å². The molecule has 2 aliphatic rings. The fourth-order valence-electron chi connectivity index (χ4n) is 3.30. The smallest absolute Gasteiger partial charge is 0.292 e. The van der Waals surface area contributed by atoms with Crippen LogP contribution in [0, 0.1) is 5.82 Å². The molecule has 1 N–H and O–H groups in total. The van der Waals surface area contributed by atoms with Gasteiger partial charge >= 0.3 is 0 Å². The second-order valence-corrected chi connectivity index (χ2v) is 7.05. The van der Waals surface area contributed by atoms with E-state index in [0.29, 0.717) is 18.2 Å². The van der Waals surface area contributed by atoms with Gasteiger partial charge in [-0.25, -0.2) is 4.39 Å². The topological polar surface area (TPSA) is 80.5 Å². The highest BCUT2D eigenvalue weighted by atomic mass is 19.1. The number of rotatable bonds is 8. The SMILES string of the molecule is O=C(NC1CC1)c1noc([C@@H]2CCCN2CCCOc2ccc(F)cc2)n1. The Hall–Kier alpha value is -2.48. The molecule has 2 fully saturated rings. The minimum absolute atomic E-state index is 0.0470. The maximum absolute atomic E-state index is 12.9. The van der Waals surface area contributed by atoms with Crippen molar-refractivity contribution in [2.45, 2.75) is 44.2 Å². The van der Waals surface area contributed by atoms with Crippen molar-refractivity contribution in [1.29, 1.82) is 0 Å². The van der Waals surface area contributed by atoms with Gasteiger partial charge in [-0.1, -0.05) is 5.16 Å². The second kappa shape index (κ2) is 8.04. The van der Waals surface area contributed by atoms with Gasteiger partial charge in [0.05, 0.1) is 12.6 Å². The van der Waals surface area contributed by atoms with Crippen LogP contribution >= 0.6 is 0 Å². The number of aromatic nitrogens is 2. The monoisotopic (exact) mass is 374 g/mol. The molecule has 1 saturated heterocycles. The molecule has 0 radical (unpaired) electrons. The molecule has 0 bridgehead atoms. The van der Waals surface area contributed by atoms with Gasteiger partial charge in [-0.05, 0) is 62.9 Å². The molecule has 144 valence electrons. The van der Waals surface area contributed by atoms with E-state index >= 15 is 0 Å². The number of hydrogen-bond acceptors (Lipinski definition) is 6. The van der Waals surface area contributed by atoms with E-state index in [0.717, 1.165) is 45.2 Å². The number of halogens is 1. The average molecular weight is 374 g/mol. The number of ether oxygens (including phenoxy) is 1. The van der Waals surface area contributed by atoms with Gasteiger partial charge in [0.15, 0.2) is 0 Å². The van der Waals surface area contributed by atoms with Gasteiger partial charge in [-0.15, -0.1) is 0 Å². The largest absolute Gasteiger partial charge is 0.494 e. The Labute approximate surface area is 156 Å². The van der Waals surface area contributed by atoms with E-state index in [9.17, 15) is 9.18 Å². The van der Waals surface area contributed by atoms with Crippen molar-refractivity contribution in [3.8, 4) is 5.75 Å². The van der Waals surface area contributed by atoms with Crippen molar-refractivity contribution in [3.05, 3.63) is 41.8 Å². The van der Waals surface area contributed by atoms with Crippen molar-refractivity contribution < 1.29 is 18.4 Å². The molecule has 1 amide bonds. The van der Waals surface area contributed by atoms with Crippen LogP contribution in [-0.4, -0.2) is 46.7 Å². The molecular formula is C19H23FN4O3. The molecule has 27 heavy (non-hydrogen) atoms. The van der Waals surface area contributed by atoms with E-state index in [1.165, 1.54) is 12.1 Å². The van der Waals surface area contributed by atoms with E-state index in [1.807, 2.05) is 0 Å². The lowest BCUT2D eigenvalue weighted by molar-refractivity contribution is 0.0937. The first-order chi connectivity index (χ1) is 13.2. The molecule has 1 aliphatic heterocycles. The molecule has 1 aromatic carbocycles. The zero-order valence-corrected chi connectivity index (χ0v) is 15.1. The summed E-state index contributed by atoms with van der Waals surface area (Å²) in [5.41, 5.74) is 0. The first-order valence-corrected chi connectivity index (χ1v) is 9.46. The summed E-state index contributed by atoms with van der Waals surface area (Å²) < 4.78 is 23.9. The minimum atomic E-state index is -0.271. The zero-order valence-electron chi connectivity index (χ0n) is 15.1. The normalized spacial score (nSPS) is 20.0. The summed E-state index contributed by atoms with van der Waals surface area (Å²) in [6.07, 6.45) is 4.86. The van der Waals surface area contributed by atoms with Crippen molar-refractivity contribution in [3.63, 3.8) is 0 Å². The van der Waals surface area contributed by atoms with Gasteiger partial charge in [0.25, 0.3) is 11.7 Å². The third kappa shape index (κ3) is 4.63. The summed E-state index contributed by atoms with van der Waals surface area (Å²) in [4.78, 5) is 18.6. The first-order valence-electron chi connectivity index (χ1n) is 9.46. The Kier molecular flexibility index (Phi) is 5.33. The Morgan fingerprint density at radius 2 is 2.11 bits per heavy atom. The highest BCUT2D eigenvalue weighted by Gasteiger charge is 2.32. The van der Waals surface area contributed by atoms with Crippen molar-refractivity contribution in [1.82, 2.24) is 20.4 Å². The highest BCUT2D eigenvalue weighted by molar-refractivity contribution is 5.90. The van der Waals surface area contributed by atoms with E-state index in [2.05, 4.69) is 20.4 Å². The number of likely N-dealkylation sites (tertiary alicyclic amines) is 1. The number of nitrogens with zero attached hydrogens (tertiary/aromatic N) is 3. The predicted molar refractivity (Wildman–Crippen MR) is 94.8 cm³/mol. The maximum atomic E-state index is 12.9. The van der Waals surface area contributed by atoms with Crippen LogP contribution in [0.1, 0.15) is 54.7 Å². The summed E-state index contributed by atoms with van der Waals surface area (Å²) in [7, 11) is 0. The number of carbonyl (C=O) groups excluding carboxylic acids is 1. The van der Waals surface area contributed by atoms with Crippen LogP contribution in [-0.2, 0) is 0 Å². The van der Waals surface area contributed by atoms with Crippen molar-refractivity contribution >= 4 is 5.91 Å². The average Bonchev–Trinajstić information content (AvgIpc) is 3.16. The number of amides is 1. The molecule has 1 aliphatic carbocycles. The Morgan fingerprint density at radius 3 is 2.89 bits per heavy atom. The molecule has 1 saturated carbocycles. The number of carbonyl (C=O) groups is 1. The predicted octanol–water partition coefficient (Wildman–Crippen LogP) is 2.71. The Bertz CT molecular complexity index is 776. The van der Waals surface area contributed by atoms with Gasteiger partial charge in [-0.2, -0.15) is 4.98 Å². The molecule has 1 aromatic heterocycles. The van der Waals surface area contributed by atoms with E-state index in [1.54, 1.807) is 12.1 Å². The molecule has 4 rings (SSSR count). The van der Waals surface area contributed by atoms with Crippen LogP contribution in [0.25, 0.3) is 0 Å². The lowest BCUT2D eigenvalue weighted by atomic mass is 10.2. The first kappa shape index (κ1) is 17.9. The van der Waals surface area contributed by atoms with Gasteiger partial charge in [0.2, 0.25) is 5.89 Å². The summed E-state index contributed by atoms with van der Waals surface area (Å²) in [6, 6.07) is 6.34. The third-order valence-corrected chi connectivity index (χ3v) is 4.88. The number of benzene rings is 1. The molecule has 1 atom stereocenters. The summed E-state index contributed by atoms with van der Waals surface area (Å²) in [5, 5.41) is 6.71. The van der Waals surface area contributed by atoms with Gasteiger partial charge in [-0.3, -0.25) is 9.69 Å². The van der Waals surface area contributed by atoms with E-state index in [4.69, 9.17) is 9.26 Å². The van der Waals surface area contributed by atoms with Gasteiger partial charge in [0.1, 0.15) is 11.6 Å². The van der Waals surface area contributed by atoms with Crippen LogP contribution in [0.4, 0.5) is 4.39 Å². The van der Waals surface area contributed by atoms with Crippen LogP contribution in [0.2, 0.25) is 0 Å². The summed E-state index contributed by atoms with van der Waals surface area (Å²) in [5.74, 6) is 0.755. The lowest BCUT2D eigenvalue weighted by Gasteiger charge is -2.21. The third-order valence-electron chi connectivity index (χ3n) is 4.88. The number of hydrogen-bond donors (Lipinski definition) is 1. The summed E-state index contributed by atoms with van der Waals surface area (Å²) in [6.45, 7) is 2.33. The highest BCUT2D eigenvalue weighted by Crippen LogP contribution is 2.31. The van der Waals surface area contributed by atoms with E-state index < -0.39 is 0 Å². The standard InChI is InChI=1S/C19H23FN4O3/c20-13-4-8-15(9-5-13)26-12-2-11-24-10-1-3-16(24)19-22-17(23-27-19)18(25)21-14-6-7-14/h4-5,8-9,14,16H,1-3,6-7,10-12H2,(H,21,25)/t16-/m0/s1. The van der Waals surface area contributed by atoms with Crippen molar-refractivity contribution in [2.24, 2.45) is 0 Å². The fourth-order valence-corrected chi connectivity index (χ4v) is 3.30. The Balaban J connectivity index is 1.26. The molecule has 2 aromatic rings. The molecule has 8 heteroatoms. The zero-order chi connectivity index (χ0) is 18.6. The Morgan fingerprint density at radius 1 is 1.30 bits per heavy atom. The van der Waals surface area contributed by atoms with E-state index in [-0.39, 0.29) is 29.6 Å². The fraction of sp³-hybridized carbons (Fsp3) is 0.526. The van der Waals surface area contributed by atoms with Crippen LogP contribution in [0.5, 0.6) is 5.75 Å². The maximum Gasteiger partial charge on any atom is 0.292 e. The van der Waals surface area contributed by atoms with Crippen LogP contribution < -0.4 is 10.1 Å². The molecule has 7 nitrogen and oxygen atoms in total. The summed E-state index contributed by atoms with van der Waals surface area (Å²) >= 11 is 0. The quantitative estimate of drug-likeness (QED) is 0.716. The molecule has 2 heterocycles.